The number of hydrogen-bond acceptors (Lipinski definition) is 10. The number of carbonyl (C=O) groups is 1. The van der Waals surface area contributed by atoms with E-state index >= 15 is 0 Å². The molecule has 3 rings (SSSR count). The van der Waals surface area contributed by atoms with Crippen molar-refractivity contribution in [1.29, 1.82) is 0 Å². The molecule has 130 valence electrons. The lowest BCUT2D eigenvalue weighted by Gasteiger charge is -2.19. The summed E-state index contributed by atoms with van der Waals surface area (Å²) in [5.74, 6) is -0.800. The van der Waals surface area contributed by atoms with Gasteiger partial charge in [0.05, 0.1) is 12.9 Å². The van der Waals surface area contributed by atoms with Crippen LogP contribution in [0.5, 0.6) is 0 Å². The zero-order chi connectivity index (χ0) is 17.4. The van der Waals surface area contributed by atoms with Crippen LogP contribution in [0.3, 0.4) is 0 Å². The van der Waals surface area contributed by atoms with Crippen LogP contribution in [0.25, 0.3) is 11.2 Å². The fourth-order valence-electron chi connectivity index (χ4n) is 2.59. The summed E-state index contributed by atoms with van der Waals surface area (Å²) in [4.78, 5) is 23.5. The Bertz CT molecular complexity index is 752. The van der Waals surface area contributed by atoms with E-state index in [0.717, 1.165) is 0 Å². The maximum Gasteiger partial charge on any atom is 0.337 e. The molecule has 5 atom stereocenters. The van der Waals surface area contributed by atoms with E-state index < -0.39 is 36.6 Å². The predicted molar refractivity (Wildman–Crippen MR) is 78.3 cm³/mol. The summed E-state index contributed by atoms with van der Waals surface area (Å²) in [7, 11) is 0. The van der Waals surface area contributed by atoms with Gasteiger partial charge in [0.2, 0.25) is 0 Å². The van der Waals surface area contributed by atoms with Gasteiger partial charge in [-0.3, -0.25) is 4.57 Å². The second-order valence-corrected chi connectivity index (χ2v) is 5.25. The second kappa shape index (κ2) is 6.28. The summed E-state index contributed by atoms with van der Waals surface area (Å²) in [5.41, 5.74) is 6.28. The number of nitrogens with two attached hydrogens (primary N) is 1. The van der Waals surface area contributed by atoms with Crippen LogP contribution in [0, 0.1) is 0 Å². The topological polar surface area (TPSA) is 166 Å². The number of aromatic nitrogens is 4. The molecule has 24 heavy (non-hydrogen) atoms. The van der Waals surface area contributed by atoms with Gasteiger partial charge in [-0.1, -0.05) is 0 Å². The number of aliphatic hydroxyl groups is 3. The second-order valence-electron chi connectivity index (χ2n) is 5.25. The van der Waals surface area contributed by atoms with Gasteiger partial charge in [0.1, 0.15) is 30.2 Å². The molecular weight excluding hydrogens is 322 g/mol. The molecule has 0 spiro atoms. The molecule has 11 heteroatoms. The Balaban J connectivity index is 1.89. The van der Waals surface area contributed by atoms with Crippen molar-refractivity contribution < 1.29 is 29.6 Å². The summed E-state index contributed by atoms with van der Waals surface area (Å²) in [6.07, 6.45) is -4.62. The molecule has 11 nitrogen and oxygen atoms in total. The van der Waals surface area contributed by atoms with Crippen LogP contribution in [-0.2, 0) is 14.3 Å². The van der Waals surface area contributed by atoms with E-state index in [-0.39, 0.29) is 18.1 Å². The Morgan fingerprint density at radius 3 is 2.88 bits per heavy atom. The Kier molecular flexibility index (Phi) is 4.32. The molecule has 2 aromatic heterocycles. The van der Waals surface area contributed by atoms with Gasteiger partial charge < -0.3 is 30.5 Å². The summed E-state index contributed by atoms with van der Waals surface area (Å²) in [6, 6.07) is 0. The van der Waals surface area contributed by atoms with E-state index in [1.54, 1.807) is 6.92 Å². The van der Waals surface area contributed by atoms with Crippen LogP contribution in [-0.4, -0.2) is 71.8 Å². The number of ether oxygens (including phenoxy) is 2. The highest BCUT2D eigenvalue weighted by Crippen LogP contribution is 2.33. The van der Waals surface area contributed by atoms with E-state index in [1.165, 1.54) is 17.2 Å². The maximum absolute atomic E-state index is 11.6. The van der Waals surface area contributed by atoms with Gasteiger partial charge in [-0.15, -0.1) is 0 Å². The lowest BCUT2D eigenvalue weighted by atomic mass is 10.1. The zero-order valence-electron chi connectivity index (χ0n) is 12.7. The molecule has 2 aromatic rings. The van der Waals surface area contributed by atoms with Crippen molar-refractivity contribution in [2.45, 2.75) is 37.6 Å². The summed E-state index contributed by atoms with van der Waals surface area (Å²) >= 11 is 0. The molecule has 0 bridgehead atoms. The first-order valence-corrected chi connectivity index (χ1v) is 7.25. The molecular formula is C13H17N5O6. The third-order valence-electron chi connectivity index (χ3n) is 3.78. The number of imidazole rings is 1. The van der Waals surface area contributed by atoms with Crippen molar-refractivity contribution in [3.63, 3.8) is 0 Å². The van der Waals surface area contributed by atoms with Crippen molar-refractivity contribution in [3.8, 4) is 0 Å². The summed E-state index contributed by atoms with van der Waals surface area (Å²) in [5, 5.41) is 30.3. The Morgan fingerprint density at radius 1 is 1.42 bits per heavy atom. The lowest BCUT2D eigenvalue weighted by molar-refractivity contribution is -0.166. The maximum atomic E-state index is 11.6. The van der Waals surface area contributed by atoms with Gasteiger partial charge in [0.15, 0.2) is 23.8 Å². The fraction of sp³-hybridized carbons (Fsp3) is 0.538. The molecule has 0 saturated carbocycles. The Hall–Kier alpha value is -2.34. The number of fused-ring (bicyclic) bond motifs is 1. The van der Waals surface area contributed by atoms with Crippen LogP contribution < -0.4 is 5.73 Å². The van der Waals surface area contributed by atoms with Gasteiger partial charge in [0, 0.05) is 0 Å². The number of esters is 1. The predicted octanol–water partition coefficient (Wildman–Crippen LogP) is -2.05. The van der Waals surface area contributed by atoms with Crippen molar-refractivity contribution >= 4 is 23.0 Å². The zero-order valence-corrected chi connectivity index (χ0v) is 12.7. The molecule has 1 aliphatic heterocycles. The van der Waals surface area contributed by atoms with Gasteiger partial charge in [-0.05, 0) is 6.92 Å². The molecule has 5 N–H and O–H groups in total. The molecule has 1 aliphatic rings. The highest BCUT2D eigenvalue weighted by molar-refractivity contribution is 5.81. The number of nitrogens with zero attached hydrogens (tertiary/aromatic N) is 4. The normalized spacial score (nSPS) is 28.2. The quantitative estimate of drug-likeness (QED) is 0.455. The van der Waals surface area contributed by atoms with Gasteiger partial charge in [-0.2, -0.15) is 0 Å². The first kappa shape index (κ1) is 16.5. The third-order valence-corrected chi connectivity index (χ3v) is 3.78. The fourth-order valence-corrected chi connectivity index (χ4v) is 2.59. The SMILES string of the molecule is CCOC(=O)C(O)C1OC(n2cnc3c(N)ncnc32)C(O)C1O. The number of aliphatic hydroxyl groups excluding tert-OH is 3. The van der Waals surface area contributed by atoms with E-state index in [1.807, 2.05) is 0 Å². The minimum Gasteiger partial charge on any atom is -0.464 e. The number of carbonyl (C=O) groups excluding carboxylic acids is 1. The van der Waals surface area contributed by atoms with Crippen molar-refractivity contribution in [2.75, 3.05) is 12.3 Å². The highest BCUT2D eigenvalue weighted by Gasteiger charge is 2.49. The van der Waals surface area contributed by atoms with Crippen LogP contribution in [0.1, 0.15) is 13.2 Å². The molecule has 1 saturated heterocycles. The number of hydrogen-bond donors (Lipinski definition) is 4. The van der Waals surface area contributed by atoms with Gasteiger partial charge >= 0.3 is 5.97 Å². The molecule has 3 heterocycles. The lowest BCUT2D eigenvalue weighted by Crippen LogP contribution is -2.43. The molecule has 0 radical (unpaired) electrons. The van der Waals surface area contributed by atoms with Crippen molar-refractivity contribution in [3.05, 3.63) is 12.7 Å². The molecule has 0 aromatic carbocycles. The largest absolute Gasteiger partial charge is 0.464 e. The molecule has 5 unspecified atom stereocenters. The van der Waals surface area contributed by atoms with Crippen LogP contribution in [0.4, 0.5) is 5.82 Å². The first-order chi connectivity index (χ1) is 11.5. The van der Waals surface area contributed by atoms with Gasteiger partial charge in [-0.25, -0.2) is 19.7 Å². The van der Waals surface area contributed by atoms with Crippen LogP contribution in [0.2, 0.25) is 0 Å². The average Bonchev–Trinajstić information content (AvgIpc) is 3.11. The highest BCUT2D eigenvalue weighted by atomic mass is 16.6. The van der Waals surface area contributed by atoms with Crippen molar-refractivity contribution in [2.24, 2.45) is 0 Å². The summed E-state index contributed by atoms with van der Waals surface area (Å²) in [6.45, 7) is 1.64. The molecule has 0 aliphatic carbocycles. The standard InChI is InChI=1S/C13H17N5O6/c1-2-23-13(22)8(21)9-6(19)7(20)12(24-9)18-4-17-5-10(14)15-3-16-11(5)18/h3-4,6-9,12,19-21H,2H2,1H3,(H2,14,15,16). The third kappa shape index (κ3) is 2.57. The molecule has 0 amide bonds. The summed E-state index contributed by atoms with van der Waals surface area (Å²) < 4.78 is 11.5. The average molecular weight is 339 g/mol. The minimum absolute atomic E-state index is 0.0625. The first-order valence-electron chi connectivity index (χ1n) is 7.25. The van der Waals surface area contributed by atoms with E-state index in [0.29, 0.717) is 5.52 Å². The number of anilines is 1. The molecule has 1 fully saturated rings. The smallest absolute Gasteiger partial charge is 0.337 e. The van der Waals surface area contributed by atoms with Crippen LogP contribution in [0.15, 0.2) is 12.7 Å². The van der Waals surface area contributed by atoms with Crippen molar-refractivity contribution in [1.82, 2.24) is 19.5 Å². The van der Waals surface area contributed by atoms with E-state index in [2.05, 4.69) is 15.0 Å². The van der Waals surface area contributed by atoms with E-state index in [9.17, 15) is 20.1 Å². The number of rotatable bonds is 4. The van der Waals surface area contributed by atoms with Crippen LogP contribution >= 0.6 is 0 Å². The number of nitrogen functional groups attached to an aromatic ring is 1. The Labute approximate surface area is 135 Å². The minimum atomic E-state index is -1.74. The monoisotopic (exact) mass is 339 g/mol. The van der Waals surface area contributed by atoms with E-state index in [4.69, 9.17) is 15.2 Å². The van der Waals surface area contributed by atoms with Gasteiger partial charge in [0.25, 0.3) is 0 Å². The Morgan fingerprint density at radius 2 is 2.17 bits per heavy atom.